The first kappa shape index (κ1) is 22.8. The van der Waals surface area contributed by atoms with E-state index in [1.54, 1.807) is 14.2 Å². The Bertz CT molecular complexity index is 513. The van der Waals surface area contributed by atoms with Gasteiger partial charge in [0.05, 0.1) is 20.8 Å². The van der Waals surface area contributed by atoms with Gasteiger partial charge in [-0.1, -0.05) is 33.3 Å². The molecule has 3 N–H and O–H groups in total. The highest BCUT2D eigenvalue weighted by Gasteiger charge is 2.08. The van der Waals surface area contributed by atoms with E-state index in [4.69, 9.17) is 15.2 Å². The highest BCUT2D eigenvalue weighted by molar-refractivity contribution is 14.0. The van der Waals surface area contributed by atoms with Crippen molar-refractivity contribution in [1.29, 1.82) is 0 Å². The number of benzene rings is 1. The van der Waals surface area contributed by atoms with Crippen LogP contribution in [0, 0.1) is 5.41 Å². The summed E-state index contributed by atoms with van der Waals surface area (Å²) in [7, 11) is 3.25. The van der Waals surface area contributed by atoms with Gasteiger partial charge in [-0.25, -0.2) is 4.99 Å². The molecule has 0 bridgehead atoms. The van der Waals surface area contributed by atoms with E-state index in [1.165, 1.54) is 12.8 Å². The van der Waals surface area contributed by atoms with Gasteiger partial charge in [0.1, 0.15) is 0 Å². The van der Waals surface area contributed by atoms with Gasteiger partial charge in [0.2, 0.25) is 0 Å². The van der Waals surface area contributed by atoms with E-state index in [9.17, 15) is 0 Å². The van der Waals surface area contributed by atoms with Crippen LogP contribution in [0.3, 0.4) is 0 Å². The number of ether oxygens (including phenoxy) is 2. The van der Waals surface area contributed by atoms with Crippen LogP contribution in [0.4, 0.5) is 0 Å². The third-order valence-electron chi connectivity index (χ3n) is 3.54. The second-order valence-corrected chi connectivity index (χ2v) is 6.84. The third kappa shape index (κ3) is 9.20. The van der Waals surface area contributed by atoms with Gasteiger partial charge in [-0.15, -0.1) is 24.0 Å². The number of rotatable bonds is 8. The Morgan fingerprint density at radius 2 is 1.79 bits per heavy atom. The minimum absolute atomic E-state index is 0. The summed E-state index contributed by atoms with van der Waals surface area (Å²) in [6.07, 6.45) is 3.51. The Morgan fingerprint density at radius 3 is 2.38 bits per heavy atom. The van der Waals surface area contributed by atoms with Crippen molar-refractivity contribution >= 4 is 29.9 Å². The van der Waals surface area contributed by atoms with E-state index < -0.39 is 0 Å². The lowest BCUT2D eigenvalue weighted by Crippen LogP contribution is -2.32. The molecule has 0 saturated heterocycles. The van der Waals surface area contributed by atoms with Crippen LogP contribution in [0.2, 0.25) is 0 Å². The molecule has 0 heterocycles. The molecule has 24 heavy (non-hydrogen) atoms. The number of nitrogens with zero attached hydrogens (tertiary/aromatic N) is 1. The van der Waals surface area contributed by atoms with Crippen LogP contribution in [0.25, 0.3) is 0 Å². The zero-order valence-electron chi connectivity index (χ0n) is 15.5. The standard InChI is InChI=1S/C18H31N3O2.HI/c1-18(2,3)10-6-7-11-20-17(19)21-13-14-8-9-15(22-4)16(12-14)23-5;/h8-9,12H,6-7,10-11,13H2,1-5H3,(H3,19,20,21);1H. The number of hydrogen-bond acceptors (Lipinski definition) is 3. The van der Waals surface area contributed by atoms with Gasteiger partial charge in [0, 0.05) is 6.54 Å². The molecule has 6 heteroatoms. The fourth-order valence-electron chi connectivity index (χ4n) is 2.21. The predicted molar refractivity (Wildman–Crippen MR) is 112 cm³/mol. The summed E-state index contributed by atoms with van der Waals surface area (Å²) in [5, 5.41) is 3.16. The average molecular weight is 449 g/mol. The van der Waals surface area contributed by atoms with Crippen molar-refractivity contribution in [3.8, 4) is 11.5 Å². The van der Waals surface area contributed by atoms with Gasteiger partial charge in [-0.3, -0.25) is 0 Å². The minimum Gasteiger partial charge on any atom is -0.493 e. The molecule has 0 fully saturated rings. The number of halogens is 1. The van der Waals surface area contributed by atoms with Gasteiger partial charge < -0.3 is 20.5 Å². The molecule has 0 amide bonds. The van der Waals surface area contributed by atoms with Crippen LogP contribution in [-0.4, -0.2) is 26.7 Å². The number of nitrogens with two attached hydrogens (primary N) is 1. The Kier molecular flexibility index (Phi) is 10.8. The first-order chi connectivity index (χ1) is 10.9. The summed E-state index contributed by atoms with van der Waals surface area (Å²) in [6.45, 7) is 8.16. The number of unbranched alkanes of at least 4 members (excludes halogenated alkanes) is 1. The monoisotopic (exact) mass is 449 g/mol. The van der Waals surface area contributed by atoms with Crippen LogP contribution >= 0.6 is 24.0 Å². The van der Waals surface area contributed by atoms with Crippen molar-refractivity contribution in [1.82, 2.24) is 5.32 Å². The molecule has 0 radical (unpaired) electrons. The van der Waals surface area contributed by atoms with Crippen molar-refractivity contribution < 1.29 is 9.47 Å². The Hall–Kier alpha value is -1.18. The molecule has 1 rings (SSSR count). The smallest absolute Gasteiger partial charge is 0.188 e. The molecule has 1 aromatic carbocycles. The summed E-state index contributed by atoms with van der Waals surface area (Å²) < 4.78 is 10.5. The highest BCUT2D eigenvalue weighted by atomic mass is 127. The topological polar surface area (TPSA) is 68.9 Å². The number of aliphatic imine (C=N–C) groups is 1. The van der Waals surface area contributed by atoms with Crippen molar-refractivity contribution in [2.75, 3.05) is 20.8 Å². The van der Waals surface area contributed by atoms with Crippen LogP contribution in [0.1, 0.15) is 45.6 Å². The molecule has 0 aliphatic heterocycles. The molecule has 5 nitrogen and oxygen atoms in total. The predicted octanol–water partition coefficient (Wildman–Crippen LogP) is 3.94. The lowest BCUT2D eigenvalue weighted by Gasteiger charge is -2.17. The van der Waals surface area contributed by atoms with Crippen molar-refractivity contribution in [3.63, 3.8) is 0 Å². The van der Waals surface area contributed by atoms with Crippen molar-refractivity contribution in [2.24, 2.45) is 16.1 Å². The summed E-state index contributed by atoms with van der Waals surface area (Å²) in [5.74, 6) is 1.90. The highest BCUT2D eigenvalue weighted by Crippen LogP contribution is 2.27. The molecule has 1 aromatic rings. The first-order valence-electron chi connectivity index (χ1n) is 8.10. The lowest BCUT2D eigenvalue weighted by molar-refractivity contribution is 0.354. The number of methoxy groups -OCH3 is 2. The Balaban J connectivity index is 0.00000529. The molecule has 138 valence electrons. The normalized spacial score (nSPS) is 11.6. The van der Waals surface area contributed by atoms with E-state index in [2.05, 4.69) is 31.1 Å². The molecule has 0 atom stereocenters. The fraction of sp³-hybridized carbons (Fsp3) is 0.611. The SMILES string of the molecule is COc1ccc(CN=C(N)NCCCCC(C)(C)C)cc1OC.I. The molecule has 0 aliphatic carbocycles. The maximum absolute atomic E-state index is 5.90. The molecular weight excluding hydrogens is 417 g/mol. The number of nitrogens with one attached hydrogen (secondary N) is 1. The van der Waals surface area contributed by atoms with E-state index in [0.29, 0.717) is 29.4 Å². The number of guanidine groups is 1. The summed E-state index contributed by atoms with van der Waals surface area (Å²) in [4.78, 5) is 4.36. The van der Waals surface area contributed by atoms with Crippen LogP contribution in [-0.2, 0) is 6.54 Å². The zero-order valence-corrected chi connectivity index (χ0v) is 17.8. The zero-order chi connectivity index (χ0) is 17.3. The van der Waals surface area contributed by atoms with E-state index in [1.807, 2.05) is 18.2 Å². The summed E-state index contributed by atoms with van der Waals surface area (Å²) in [6, 6.07) is 5.75. The van der Waals surface area contributed by atoms with Crippen molar-refractivity contribution in [2.45, 2.75) is 46.6 Å². The second kappa shape index (κ2) is 11.4. The molecule has 0 unspecified atom stereocenters. The maximum Gasteiger partial charge on any atom is 0.188 e. The quantitative estimate of drug-likeness (QED) is 0.273. The molecule has 0 saturated carbocycles. The van der Waals surface area contributed by atoms with E-state index in [0.717, 1.165) is 18.5 Å². The number of hydrogen-bond donors (Lipinski definition) is 2. The second-order valence-electron chi connectivity index (χ2n) is 6.84. The average Bonchev–Trinajstić information content (AvgIpc) is 2.51. The fourth-order valence-corrected chi connectivity index (χ4v) is 2.21. The van der Waals surface area contributed by atoms with Gasteiger partial charge >= 0.3 is 0 Å². The van der Waals surface area contributed by atoms with Gasteiger partial charge in [0.15, 0.2) is 17.5 Å². The minimum atomic E-state index is 0. The first-order valence-corrected chi connectivity index (χ1v) is 8.10. The van der Waals surface area contributed by atoms with Crippen LogP contribution < -0.4 is 20.5 Å². The van der Waals surface area contributed by atoms with Crippen LogP contribution in [0.5, 0.6) is 11.5 Å². The van der Waals surface area contributed by atoms with E-state index in [-0.39, 0.29) is 24.0 Å². The molecule has 0 spiro atoms. The van der Waals surface area contributed by atoms with Gasteiger partial charge in [0.25, 0.3) is 0 Å². The lowest BCUT2D eigenvalue weighted by atomic mass is 9.90. The summed E-state index contributed by atoms with van der Waals surface area (Å²) >= 11 is 0. The Morgan fingerprint density at radius 1 is 1.12 bits per heavy atom. The maximum atomic E-state index is 5.90. The van der Waals surface area contributed by atoms with E-state index >= 15 is 0 Å². The van der Waals surface area contributed by atoms with Gasteiger partial charge in [-0.05, 0) is 36.0 Å². The largest absolute Gasteiger partial charge is 0.493 e. The molecular formula is C18H32IN3O2. The van der Waals surface area contributed by atoms with Crippen molar-refractivity contribution in [3.05, 3.63) is 23.8 Å². The van der Waals surface area contributed by atoms with Crippen LogP contribution in [0.15, 0.2) is 23.2 Å². The third-order valence-corrected chi connectivity index (χ3v) is 3.54. The van der Waals surface area contributed by atoms with Gasteiger partial charge in [-0.2, -0.15) is 0 Å². The molecule has 0 aliphatic rings. The molecule has 0 aromatic heterocycles. The Labute approximate surface area is 163 Å². The summed E-state index contributed by atoms with van der Waals surface area (Å²) in [5.41, 5.74) is 7.32.